The van der Waals surface area contributed by atoms with E-state index in [2.05, 4.69) is 10.3 Å². The summed E-state index contributed by atoms with van der Waals surface area (Å²) in [6.45, 7) is 11.6. The number of para-hydroxylation sites is 1. The van der Waals surface area contributed by atoms with E-state index in [0.717, 1.165) is 30.9 Å². The number of benzene rings is 1. The topological polar surface area (TPSA) is 57.2 Å². The second-order valence-corrected chi connectivity index (χ2v) is 5.63. The van der Waals surface area contributed by atoms with Crippen LogP contribution in [-0.4, -0.2) is 61.5 Å². The number of rotatable bonds is 9. The smallest absolute Gasteiger partial charge is 0.242 e. The lowest BCUT2D eigenvalue weighted by Crippen LogP contribution is -2.45. The minimum atomic E-state index is 0.104. The molecule has 1 amide bonds. The maximum Gasteiger partial charge on any atom is 0.242 e. The number of nitrogens with one attached hydrogen (secondary N) is 1. The predicted octanol–water partition coefficient (Wildman–Crippen LogP) is 2.35. The van der Waals surface area contributed by atoms with Crippen LogP contribution < -0.4 is 10.1 Å². The van der Waals surface area contributed by atoms with Crippen LogP contribution in [0.4, 0.5) is 0 Å². The van der Waals surface area contributed by atoms with Crippen molar-refractivity contribution < 1.29 is 9.53 Å². The molecule has 140 valence electrons. The Bertz CT molecular complexity index is 556. The average Bonchev–Trinajstić information content (AvgIpc) is 2.61. The molecule has 6 nitrogen and oxygen atoms in total. The summed E-state index contributed by atoms with van der Waals surface area (Å²) in [6.07, 6.45) is 0. The van der Waals surface area contributed by atoms with Crippen molar-refractivity contribution in [1.29, 1.82) is 0 Å². The number of guanidine groups is 1. The summed E-state index contributed by atoms with van der Waals surface area (Å²) < 4.78 is 5.65. The van der Waals surface area contributed by atoms with Crippen LogP contribution in [0, 0.1) is 0 Å². The van der Waals surface area contributed by atoms with Crippen molar-refractivity contribution in [2.75, 3.05) is 39.8 Å². The van der Waals surface area contributed by atoms with Gasteiger partial charge in [0.2, 0.25) is 5.91 Å². The summed E-state index contributed by atoms with van der Waals surface area (Å²) in [5, 5.41) is 3.25. The van der Waals surface area contributed by atoms with E-state index >= 15 is 0 Å². The third-order valence-corrected chi connectivity index (χ3v) is 3.86. The molecule has 0 radical (unpaired) electrons. The highest BCUT2D eigenvalue weighted by Crippen LogP contribution is 2.18. The average molecular weight is 348 g/mol. The molecule has 0 atom stereocenters. The zero-order valence-corrected chi connectivity index (χ0v) is 16.2. The first kappa shape index (κ1) is 20.8. The molecule has 6 heteroatoms. The number of amides is 1. The van der Waals surface area contributed by atoms with Gasteiger partial charge in [0.25, 0.3) is 0 Å². The van der Waals surface area contributed by atoms with E-state index in [4.69, 9.17) is 4.74 Å². The van der Waals surface area contributed by atoms with Crippen LogP contribution in [0.3, 0.4) is 0 Å². The van der Waals surface area contributed by atoms with E-state index in [-0.39, 0.29) is 5.91 Å². The van der Waals surface area contributed by atoms with Crippen LogP contribution in [0.1, 0.15) is 33.3 Å². The van der Waals surface area contributed by atoms with Crippen LogP contribution >= 0.6 is 0 Å². The minimum absolute atomic E-state index is 0.104. The molecule has 0 aliphatic heterocycles. The summed E-state index contributed by atoms with van der Waals surface area (Å²) in [4.78, 5) is 20.7. The Labute approximate surface area is 151 Å². The number of likely N-dealkylation sites (N-methyl/N-ethyl adjacent to an activating group) is 2. The Morgan fingerprint density at radius 3 is 2.44 bits per heavy atom. The summed E-state index contributed by atoms with van der Waals surface area (Å²) >= 11 is 0. The van der Waals surface area contributed by atoms with Crippen molar-refractivity contribution in [3.05, 3.63) is 29.8 Å². The van der Waals surface area contributed by atoms with E-state index in [9.17, 15) is 4.79 Å². The van der Waals surface area contributed by atoms with Crippen molar-refractivity contribution >= 4 is 11.9 Å². The fraction of sp³-hybridized carbons (Fsp3) is 0.579. The fourth-order valence-electron chi connectivity index (χ4n) is 2.51. The van der Waals surface area contributed by atoms with E-state index in [1.54, 1.807) is 0 Å². The predicted molar refractivity (Wildman–Crippen MR) is 103 cm³/mol. The van der Waals surface area contributed by atoms with Crippen molar-refractivity contribution in [2.45, 2.75) is 34.2 Å². The van der Waals surface area contributed by atoms with Gasteiger partial charge in [-0.25, -0.2) is 4.99 Å². The number of nitrogens with zero attached hydrogens (tertiary/aromatic N) is 3. The molecule has 0 aromatic heterocycles. The zero-order valence-electron chi connectivity index (χ0n) is 16.2. The summed E-state index contributed by atoms with van der Waals surface area (Å²) in [7, 11) is 1.89. The van der Waals surface area contributed by atoms with Gasteiger partial charge in [0, 0.05) is 32.2 Å². The SMILES string of the molecule is CCNC(=NCc1ccccc1OCC)N(C)CC(=O)N(CC)CC. The normalized spacial score (nSPS) is 11.2. The molecule has 1 aromatic carbocycles. The lowest BCUT2D eigenvalue weighted by molar-refractivity contribution is -0.131. The van der Waals surface area contributed by atoms with Gasteiger partial charge in [-0.2, -0.15) is 0 Å². The van der Waals surface area contributed by atoms with Gasteiger partial charge in [-0.05, 0) is 33.8 Å². The first-order chi connectivity index (χ1) is 12.1. The second-order valence-electron chi connectivity index (χ2n) is 5.63. The number of hydrogen-bond donors (Lipinski definition) is 1. The van der Waals surface area contributed by atoms with E-state index in [1.165, 1.54) is 0 Å². The standard InChI is InChI=1S/C19H32N4O2/c1-6-20-19(22(5)15-18(24)23(7-2)8-3)21-14-16-12-10-11-13-17(16)25-9-4/h10-13H,6-9,14-15H2,1-5H3,(H,20,21). The quantitative estimate of drug-likeness (QED) is 0.550. The van der Waals surface area contributed by atoms with Gasteiger partial charge in [-0.15, -0.1) is 0 Å². The van der Waals surface area contributed by atoms with E-state index < -0.39 is 0 Å². The highest BCUT2D eigenvalue weighted by molar-refractivity contribution is 5.86. The Balaban J connectivity index is 2.84. The number of ether oxygens (including phenoxy) is 1. The van der Waals surface area contributed by atoms with Crippen molar-refractivity contribution in [3.8, 4) is 5.75 Å². The summed E-state index contributed by atoms with van der Waals surface area (Å²) in [5.41, 5.74) is 1.03. The molecular formula is C19H32N4O2. The molecule has 1 N–H and O–H groups in total. The molecule has 0 aliphatic rings. The van der Waals surface area contributed by atoms with Crippen LogP contribution in [0.5, 0.6) is 5.75 Å². The summed E-state index contributed by atoms with van der Waals surface area (Å²) in [6, 6.07) is 7.90. The van der Waals surface area contributed by atoms with Crippen LogP contribution in [0.15, 0.2) is 29.3 Å². The van der Waals surface area contributed by atoms with Crippen molar-refractivity contribution in [2.24, 2.45) is 4.99 Å². The van der Waals surface area contributed by atoms with Crippen molar-refractivity contribution in [1.82, 2.24) is 15.1 Å². The Morgan fingerprint density at radius 2 is 1.84 bits per heavy atom. The summed E-state index contributed by atoms with van der Waals surface area (Å²) in [5.74, 6) is 1.67. The third-order valence-electron chi connectivity index (χ3n) is 3.86. The molecule has 0 fully saturated rings. The van der Waals surface area contributed by atoms with E-state index in [1.807, 2.05) is 68.8 Å². The maximum absolute atomic E-state index is 12.3. The van der Waals surface area contributed by atoms with Gasteiger partial charge in [0.15, 0.2) is 5.96 Å². The molecule has 1 aromatic rings. The first-order valence-corrected chi connectivity index (χ1v) is 9.05. The Morgan fingerprint density at radius 1 is 1.16 bits per heavy atom. The lowest BCUT2D eigenvalue weighted by atomic mass is 10.2. The largest absolute Gasteiger partial charge is 0.494 e. The number of aliphatic imine (C=N–C) groups is 1. The van der Waals surface area contributed by atoms with Crippen LogP contribution in [-0.2, 0) is 11.3 Å². The fourth-order valence-corrected chi connectivity index (χ4v) is 2.51. The second kappa shape index (κ2) is 11.3. The zero-order chi connectivity index (χ0) is 18.7. The number of carbonyl (C=O) groups is 1. The van der Waals surface area contributed by atoms with Gasteiger partial charge >= 0.3 is 0 Å². The van der Waals surface area contributed by atoms with Crippen molar-refractivity contribution in [3.63, 3.8) is 0 Å². The van der Waals surface area contributed by atoms with Gasteiger partial charge in [0.05, 0.1) is 19.7 Å². The monoisotopic (exact) mass is 348 g/mol. The lowest BCUT2D eigenvalue weighted by Gasteiger charge is -2.25. The van der Waals surface area contributed by atoms with Gasteiger partial charge in [-0.3, -0.25) is 4.79 Å². The van der Waals surface area contributed by atoms with Gasteiger partial charge in [-0.1, -0.05) is 18.2 Å². The number of hydrogen-bond acceptors (Lipinski definition) is 3. The number of carbonyl (C=O) groups excluding carboxylic acids is 1. The van der Waals surface area contributed by atoms with Gasteiger partial charge < -0.3 is 19.9 Å². The Hall–Kier alpha value is -2.24. The molecule has 0 saturated carbocycles. The highest BCUT2D eigenvalue weighted by atomic mass is 16.5. The highest BCUT2D eigenvalue weighted by Gasteiger charge is 2.15. The third kappa shape index (κ3) is 6.64. The van der Waals surface area contributed by atoms with Crippen LogP contribution in [0.2, 0.25) is 0 Å². The first-order valence-electron chi connectivity index (χ1n) is 9.05. The van der Waals surface area contributed by atoms with Crippen LogP contribution in [0.25, 0.3) is 0 Å². The van der Waals surface area contributed by atoms with Gasteiger partial charge in [0.1, 0.15) is 5.75 Å². The maximum atomic E-state index is 12.3. The van der Waals surface area contributed by atoms with E-state index in [0.29, 0.717) is 25.7 Å². The molecule has 0 saturated heterocycles. The molecule has 0 heterocycles. The Kier molecular flexibility index (Phi) is 9.43. The molecule has 0 aliphatic carbocycles. The molecule has 0 bridgehead atoms. The molecule has 25 heavy (non-hydrogen) atoms. The molecule has 0 unspecified atom stereocenters. The molecular weight excluding hydrogens is 316 g/mol. The molecule has 1 rings (SSSR count). The minimum Gasteiger partial charge on any atom is -0.494 e. The molecule has 0 spiro atoms.